The molecular weight excluding hydrogens is 334 g/mol. The highest BCUT2D eigenvalue weighted by Gasteiger charge is 2.41. The highest BCUT2D eigenvalue weighted by Crippen LogP contribution is 2.26. The zero-order chi connectivity index (χ0) is 18.5. The van der Waals surface area contributed by atoms with Crippen molar-refractivity contribution < 1.29 is 19.1 Å². The molecule has 1 N–H and O–H groups in total. The Labute approximate surface area is 155 Å². The van der Waals surface area contributed by atoms with Crippen molar-refractivity contribution in [1.29, 1.82) is 0 Å². The molecule has 26 heavy (non-hydrogen) atoms. The van der Waals surface area contributed by atoms with E-state index in [-0.39, 0.29) is 23.9 Å². The van der Waals surface area contributed by atoms with Crippen molar-refractivity contribution in [2.75, 3.05) is 26.7 Å². The maximum atomic E-state index is 12.6. The van der Waals surface area contributed by atoms with Gasteiger partial charge in [-0.2, -0.15) is 0 Å². The second-order valence-corrected chi connectivity index (χ2v) is 7.76. The van der Waals surface area contributed by atoms with Crippen molar-refractivity contribution in [1.82, 2.24) is 15.1 Å². The van der Waals surface area contributed by atoms with Crippen molar-refractivity contribution in [3.63, 3.8) is 0 Å². The molecule has 0 radical (unpaired) electrons. The summed E-state index contributed by atoms with van der Waals surface area (Å²) in [5.41, 5.74) is 0. The first-order chi connectivity index (χ1) is 12.6. The van der Waals surface area contributed by atoms with Crippen LogP contribution in [0.3, 0.4) is 0 Å². The molecule has 0 bridgehead atoms. The number of ether oxygens (including phenoxy) is 1. The predicted octanol–water partition coefficient (Wildman–Crippen LogP) is 1.70. The summed E-state index contributed by atoms with van der Waals surface area (Å²) in [6.07, 6.45) is 6.61. The monoisotopic (exact) mass is 365 g/mol. The largest absolute Gasteiger partial charge is 0.444 e. The first-order valence-corrected chi connectivity index (χ1v) is 10.0. The molecule has 3 atom stereocenters. The molecule has 0 aromatic rings. The van der Waals surface area contributed by atoms with Crippen LogP contribution in [0, 0.1) is 0 Å². The van der Waals surface area contributed by atoms with Crippen molar-refractivity contribution in [3.8, 4) is 0 Å². The summed E-state index contributed by atoms with van der Waals surface area (Å²) in [5.74, 6) is 0.149. The molecule has 3 aliphatic rings. The fourth-order valence-electron chi connectivity index (χ4n) is 4.26. The number of ketones is 1. The molecule has 146 valence electrons. The minimum absolute atomic E-state index is 0.0280. The summed E-state index contributed by atoms with van der Waals surface area (Å²) >= 11 is 0. The van der Waals surface area contributed by atoms with Crippen LogP contribution in [-0.2, 0) is 14.3 Å². The lowest BCUT2D eigenvalue weighted by Gasteiger charge is -2.23. The minimum Gasteiger partial charge on any atom is -0.444 e. The summed E-state index contributed by atoms with van der Waals surface area (Å²) in [6.45, 7) is 1.68. The van der Waals surface area contributed by atoms with E-state index in [1.807, 2.05) is 7.05 Å². The quantitative estimate of drug-likeness (QED) is 0.806. The van der Waals surface area contributed by atoms with Crippen molar-refractivity contribution in [3.05, 3.63) is 0 Å². The molecule has 0 aromatic heterocycles. The molecule has 3 saturated heterocycles. The van der Waals surface area contributed by atoms with Gasteiger partial charge in [-0.1, -0.05) is 19.3 Å². The van der Waals surface area contributed by atoms with Crippen molar-refractivity contribution in [2.45, 2.75) is 76.0 Å². The summed E-state index contributed by atoms with van der Waals surface area (Å²) in [5, 5.41) is 3.18. The van der Waals surface area contributed by atoms with E-state index >= 15 is 0 Å². The number of likely N-dealkylation sites (N-methyl/N-ethyl adjacent to an activating group) is 1. The standard InChI is InChI=1S/C19H31N3O4/c1-20-14-9-10-21(12-14)19(25)26-15-11-16-17(23)7-5-3-2-4-6-8-18(24)22(16)13-15/h14-16,20H,2-13H2,1H3. The number of carbonyl (C=O) groups excluding carboxylic acids is 3. The zero-order valence-corrected chi connectivity index (χ0v) is 15.7. The van der Waals surface area contributed by atoms with E-state index in [0.717, 1.165) is 38.5 Å². The topological polar surface area (TPSA) is 79.0 Å². The number of rotatable bonds is 2. The third kappa shape index (κ3) is 4.55. The summed E-state index contributed by atoms with van der Waals surface area (Å²) in [4.78, 5) is 40.9. The van der Waals surface area contributed by atoms with Gasteiger partial charge in [0.2, 0.25) is 5.91 Å². The van der Waals surface area contributed by atoms with Crippen LogP contribution in [0.1, 0.15) is 57.8 Å². The number of amides is 2. The summed E-state index contributed by atoms with van der Waals surface area (Å²) in [7, 11) is 1.89. The highest BCUT2D eigenvalue weighted by atomic mass is 16.6. The number of fused-ring (bicyclic) bond motifs is 1. The molecule has 2 amide bonds. The van der Waals surface area contributed by atoms with E-state index in [0.29, 0.717) is 44.9 Å². The van der Waals surface area contributed by atoms with Gasteiger partial charge in [0.25, 0.3) is 0 Å². The van der Waals surface area contributed by atoms with E-state index in [9.17, 15) is 14.4 Å². The minimum atomic E-state index is -0.415. The van der Waals surface area contributed by atoms with Crippen LogP contribution in [0.15, 0.2) is 0 Å². The number of Topliss-reactive ketones (excluding diaryl/α,β-unsaturated/α-hetero) is 1. The molecule has 3 aliphatic heterocycles. The third-order valence-electron chi connectivity index (χ3n) is 5.89. The maximum absolute atomic E-state index is 12.6. The Morgan fingerprint density at radius 1 is 1.08 bits per heavy atom. The van der Waals surface area contributed by atoms with E-state index in [4.69, 9.17) is 4.74 Å². The number of nitrogens with zero attached hydrogens (tertiary/aromatic N) is 2. The van der Waals surface area contributed by atoms with Gasteiger partial charge in [0.1, 0.15) is 6.10 Å². The Kier molecular flexibility index (Phi) is 6.51. The van der Waals surface area contributed by atoms with Gasteiger partial charge in [0, 0.05) is 38.4 Å². The van der Waals surface area contributed by atoms with Crippen LogP contribution in [0.5, 0.6) is 0 Å². The van der Waals surface area contributed by atoms with Crippen LogP contribution in [0.2, 0.25) is 0 Å². The molecule has 3 rings (SSSR count). The molecule has 3 unspecified atom stereocenters. The fourth-order valence-corrected chi connectivity index (χ4v) is 4.26. The number of hydrogen-bond donors (Lipinski definition) is 1. The number of nitrogens with one attached hydrogen (secondary N) is 1. The molecule has 0 saturated carbocycles. The Hall–Kier alpha value is -1.63. The Morgan fingerprint density at radius 2 is 1.81 bits per heavy atom. The Bertz CT molecular complexity index is 511. The van der Waals surface area contributed by atoms with Gasteiger partial charge < -0.3 is 19.9 Å². The van der Waals surface area contributed by atoms with Crippen LogP contribution in [0.25, 0.3) is 0 Å². The molecule has 0 aromatic carbocycles. The predicted molar refractivity (Wildman–Crippen MR) is 96.8 cm³/mol. The molecule has 7 heteroatoms. The molecular formula is C19H31N3O4. The lowest BCUT2D eigenvalue weighted by atomic mass is 10.0. The normalized spacial score (nSPS) is 30.9. The Balaban J connectivity index is 1.60. The smallest absolute Gasteiger partial charge is 0.410 e. The van der Waals surface area contributed by atoms with Gasteiger partial charge >= 0.3 is 6.09 Å². The van der Waals surface area contributed by atoms with E-state index in [1.165, 1.54) is 0 Å². The van der Waals surface area contributed by atoms with E-state index in [1.54, 1.807) is 9.80 Å². The van der Waals surface area contributed by atoms with Gasteiger partial charge in [0.05, 0.1) is 12.6 Å². The van der Waals surface area contributed by atoms with Gasteiger partial charge in [0.15, 0.2) is 5.78 Å². The molecule has 3 heterocycles. The third-order valence-corrected chi connectivity index (χ3v) is 5.89. The lowest BCUT2D eigenvalue weighted by molar-refractivity contribution is -0.137. The van der Waals surface area contributed by atoms with Gasteiger partial charge in [-0.3, -0.25) is 9.59 Å². The molecule has 3 fully saturated rings. The van der Waals surface area contributed by atoms with E-state index in [2.05, 4.69) is 5.32 Å². The fraction of sp³-hybridized carbons (Fsp3) is 0.842. The number of hydrogen-bond acceptors (Lipinski definition) is 5. The zero-order valence-electron chi connectivity index (χ0n) is 15.7. The second-order valence-electron chi connectivity index (χ2n) is 7.76. The molecule has 7 nitrogen and oxygen atoms in total. The van der Waals surface area contributed by atoms with E-state index < -0.39 is 6.04 Å². The molecule has 0 aliphatic carbocycles. The lowest BCUT2D eigenvalue weighted by Crippen LogP contribution is -2.40. The summed E-state index contributed by atoms with van der Waals surface area (Å²) < 4.78 is 5.66. The van der Waals surface area contributed by atoms with Crippen molar-refractivity contribution >= 4 is 17.8 Å². The van der Waals surface area contributed by atoms with Crippen LogP contribution in [0.4, 0.5) is 4.79 Å². The maximum Gasteiger partial charge on any atom is 0.410 e. The first kappa shape index (κ1) is 19.1. The second kappa shape index (κ2) is 8.84. The average Bonchev–Trinajstić information content (AvgIpc) is 3.26. The Morgan fingerprint density at radius 3 is 2.54 bits per heavy atom. The first-order valence-electron chi connectivity index (χ1n) is 10.0. The van der Waals surface area contributed by atoms with Crippen molar-refractivity contribution in [2.24, 2.45) is 0 Å². The van der Waals surface area contributed by atoms with Gasteiger partial charge in [-0.15, -0.1) is 0 Å². The highest BCUT2D eigenvalue weighted by molar-refractivity contribution is 5.90. The summed E-state index contributed by atoms with van der Waals surface area (Å²) in [6, 6.07) is -0.105. The van der Waals surface area contributed by atoms with Gasteiger partial charge in [-0.25, -0.2) is 4.79 Å². The average molecular weight is 365 g/mol. The van der Waals surface area contributed by atoms with Crippen LogP contribution < -0.4 is 5.32 Å². The van der Waals surface area contributed by atoms with Crippen LogP contribution >= 0.6 is 0 Å². The number of carbonyl (C=O) groups is 3. The van der Waals surface area contributed by atoms with Crippen LogP contribution in [-0.4, -0.2) is 72.5 Å². The molecule has 0 spiro atoms. The van der Waals surface area contributed by atoms with Gasteiger partial charge in [-0.05, 0) is 26.3 Å². The number of likely N-dealkylation sites (tertiary alicyclic amines) is 1. The SMILES string of the molecule is CNC1CCN(C(=O)OC2CC3C(=O)CCCCCCCC(=O)N3C2)C1.